The van der Waals surface area contributed by atoms with Crippen molar-refractivity contribution < 1.29 is 4.90 Å². The highest BCUT2D eigenvalue weighted by atomic mass is 35.5. The number of quaternary nitrogens is 1. The molecule has 1 aromatic heterocycles. The molecule has 2 heterocycles. The molecule has 0 atom stereocenters. The quantitative estimate of drug-likeness (QED) is 0.846. The summed E-state index contributed by atoms with van der Waals surface area (Å²) >= 11 is 7.74. The van der Waals surface area contributed by atoms with E-state index in [-0.39, 0.29) is 0 Å². The predicted molar refractivity (Wildman–Crippen MR) is 84.3 cm³/mol. The van der Waals surface area contributed by atoms with Gasteiger partial charge in [0.2, 0.25) is 5.16 Å². The minimum atomic E-state index is 0.691. The summed E-state index contributed by atoms with van der Waals surface area (Å²) in [5.74, 6) is 1.04. The van der Waals surface area contributed by atoms with Gasteiger partial charge in [-0.1, -0.05) is 29.4 Å². The predicted octanol–water partition coefficient (Wildman–Crippen LogP) is 1.48. The van der Waals surface area contributed by atoms with Gasteiger partial charge in [0.05, 0.1) is 31.1 Å². The van der Waals surface area contributed by atoms with Crippen molar-refractivity contribution in [2.45, 2.75) is 24.4 Å². The molecule has 1 aliphatic rings. The van der Waals surface area contributed by atoms with Crippen LogP contribution in [0, 0.1) is 0 Å². The molecule has 3 rings (SSSR count). The van der Waals surface area contributed by atoms with Gasteiger partial charge < -0.3 is 4.90 Å². The average Bonchev–Trinajstić information content (AvgIpc) is 2.97. The van der Waals surface area contributed by atoms with Crippen LogP contribution >= 0.6 is 23.4 Å². The second kappa shape index (κ2) is 7.24. The first-order valence-electron chi connectivity index (χ1n) is 7.33. The molecule has 0 spiro atoms. The van der Waals surface area contributed by atoms with Gasteiger partial charge in [0.1, 0.15) is 0 Å². The molecule has 1 fully saturated rings. The van der Waals surface area contributed by atoms with E-state index < -0.39 is 0 Å². The summed E-state index contributed by atoms with van der Waals surface area (Å²) in [5.41, 5.74) is 0.903. The van der Waals surface area contributed by atoms with Crippen LogP contribution in [0.15, 0.2) is 29.4 Å². The Bertz CT molecular complexity index is 582. The monoisotopic (exact) mass is 324 g/mol. The van der Waals surface area contributed by atoms with Crippen molar-refractivity contribution in [1.29, 1.82) is 0 Å². The van der Waals surface area contributed by atoms with E-state index in [1.165, 1.54) is 38.9 Å². The number of hydrogen-bond donors (Lipinski definition) is 1. The number of nitrogens with one attached hydrogen (secondary N) is 1. The molecule has 7 heteroatoms. The fourth-order valence-corrected chi connectivity index (χ4v) is 3.74. The Kier molecular flexibility index (Phi) is 5.11. The van der Waals surface area contributed by atoms with Crippen LogP contribution in [-0.2, 0) is 0 Å². The van der Waals surface area contributed by atoms with Gasteiger partial charge in [0, 0.05) is 5.02 Å². The van der Waals surface area contributed by atoms with Crippen molar-refractivity contribution in [3.8, 4) is 5.69 Å². The molecule has 0 bridgehead atoms. The van der Waals surface area contributed by atoms with Crippen molar-refractivity contribution in [1.82, 2.24) is 20.2 Å². The van der Waals surface area contributed by atoms with Crippen LogP contribution in [0.3, 0.4) is 0 Å². The molecule has 0 saturated carbocycles. The van der Waals surface area contributed by atoms with Crippen LogP contribution in [0.5, 0.6) is 0 Å². The summed E-state index contributed by atoms with van der Waals surface area (Å²) < 4.78 is 1.75. The van der Waals surface area contributed by atoms with Crippen LogP contribution in [0.4, 0.5) is 0 Å². The molecule has 112 valence electrons. The highest BCUT2D eigenvalue weighted by Gasteiger charge is 2.15. The fourth-order valence-electron chi connectivity index (χ4n) is 2.63. The Morgan fingerprint density at radius 1 is 1.24 bits per heavy atom. The van der Waals surface area contributed by atoms with E-state index in [4.69, 9.17) is 11.6 Å². The minimum absolute atomic E-state index is 0.691. The first-order valence-corrected chi connectivity index (χ1v) is 8.70. The number of piperidine rings is 1. The smallest absolute Gasteiger partial charge is 0.214 e. The maximum atomic E-state index is 6.03. The van der Waals surface area contributed by atoms with Crippen molar-refractivity contribution >= 4 is 23.4 Å². The number of nitrogens with zero attached hydrogens (tertiary/aromatic N) is 4. The first kappa shape index (κ1) is 14.8. The Morgan fingerprint density at radius 2 is 2.10 bits per heavy atom. The van der Waals surface area contributed by atoms with Crippen LogP contribution in [0.2, 0.25) is 5.02 Å². The number of hydrogen-bond acceptors (Lipinski definition) is 4. The van der Waals surface area contributed by atoms with Gasteiger partial charge in [0.25, 0.3) is 0 Å². The summed E-state index contributed by atoms with van der Waals surface area (Å²) in [4.78, 5) is 1.70. The summed E-state index contributed by atoms with van der Waals surface area (Å²) in [6, 6.07) is 7.59. The summed E-state index contributed by atoms with van der Waals surface area (Å²) in [7, 11) is 0. The number of benzene rings is 1. The Labute approximate surface area is 133 Å². The standard InChI is InChI=1S/C14H18ClN5S/c15-12-5-4-6-13(11-12)20-14(16-17-18-20)21-10-9-19-7-2-1-3-8-19/h4-6,11H,1-3,7-10H2/p+1. The Hall–Kier alpha value is -1.11. The summed E-state index contributed by atoms with van der Waals surface area (Å²) in [5, 5.41) is 13.5. The highest BCUT2D eigenvalue weighted by molar-refractivity contribution is 7.99. The topological polar surface area (TPSA) is 48.0 Å². The zero-order valence-electron chi connectivity index (χ0n) is 11.8. The molecule has 1 saturated heterocycles. The zero-order chi connectivity index (χ0) is 14.5. The molecule has 5 nitrogen and oxygen atoms in total. The fraction of sp³-hybridized carbons (Fsp3) is 0.500. The van der Waals surface area contributed by atoms with Crippen molar-refractivity contribution in [3.63, 3.8) is 0 Å². The van der Waals surface area contributed by atoms with Gasteiger partial charge in [-0.15, -0.1) is 5.10 Å². The second-order valence-corrected chi connectivity index (χ2v) is 6.76. The Morgan fingerprint density at radius 3 is 2.90 bits per heavy atom. The molecular weight excluding hydrogens is 306 g/mol. The lowest BCUT2D eigenvalue weighted by Gasteiger charge is -2.23. The van der Waals surface area contributed by atoms with Crippen LogP contribution < -0.4 is 4.90 Å². The molecule has 0 unspecified atom stereocenters. The number of aromatic nitrogens is 4. The third-order valence-corrected chi connectivity index (χ3v) is 4.90. The maximum absolute atomic E-state index is 6.03. The van der Waals surface area contributed by atoms with E-state index >= 15 is 0 Å². The number of likely N-dealkylation sites (tertiary alicyclic amines) is 1. The van der Waals surface area contributed by atoms with Crippen LogP contribution in [0.25, 0.3) is 5.69 Å². The third-order valence-electron chi connectivity index (χ3n) is 3.74. The van der Waals surface area contributed by atoms with Gasteiger partial charge in [0.15, 0.2) is 0 Å². The van der Waals surface area contributed by atoms with E-state index in [9.17, 15) is 0 Å². The maximum Gasteiger partial charge on any atom is 0.214 e. The largest absolute Gasteiger partial charge is 0.334 e. The molecule has 1 aliphatic heterocycles. The van der Waals surface area contributed by atoms with Crippen molar-refractivity contribution in [2.24, 2.45) is 0 Å². The van der Waals surface area contributed by atoms with Crippen LogP contribution in [-0.4, -0.2) is 45.6 Å². The first-order chi connectivity index (χ1) is 10.3. The lowest BCUT2D eigenvalue weighted by atomic mass is 10.1. The van der Waals surface area contributed by atoms with Gasteiger partial charge >= 0.3 is 0 Å². The van der Waals surface area contributed by atoms with E-state index in [1.54, 1.807) is 21.3 Å². The van der Waals surface area contributed by atoms with E-state index in [1.807, 2.05) is 24.3 Å². The van der Waals surface area contributed by atoms with Gasteiger partial charge in [-0.2, -0.15) is 4.68 Å². The lowest BCUT2D eigenvalue weighted by Crippen LogP contribution is -3.13. The molecule has 0 aliphatic carbocycles. The normalized spacial score (nSPS) is 16.2. The lowest BCUT2D eigenvalue weighted by molar-refractivity contribution is -0.902. The SMILES string of the molecule is Clc1cccc(-n2nnnc2SCC[NH+]2CCCCC2)c1. The number of tetrazole rings is 1. The molecule has 1 N–H and O–H groups in total. The minimum Gasteiger partial charge on any atom is -0.334 e. The number of rotatable bonds is 5. The molecule has 0 amide bonds. The van der Waals surface area contributed by atoms with Gasteiger partial charge in [-0.05, 0) is 47.9 Å². The van der Waals surface area contributed by atoms with Crippen molar-refractivity contribution in [3.05, 3.63) is 29.3 Å². The zero-order valence-corrected chi connectivity index (χ0v) is 13.4. The highest BCUT2D eigenvalue weighted by Crippen LogP contribution is 2.19. The molecule has 2 aromatic rings. The molecule has 21 heavy (non-hydrogen) atoms. The third kappa shape index (κ3) is 3.96. The van der Waals surface area contributed by atoms with E-state index in [0.29, 0.717) is 5.02 Å². The summed E-state index contributed by atoms with van der Waals surface area (Å²) in [6.07, 6.45) is 4.12. The number of thioether (sulfide) groups is 1. The van der Waals surface area contributed by atoms with E-state index in [0.717, 1.165) is 16.6 Å². The Balaban J connectivity index is 1.60. The molecular formula is C14H19ClN5S+. The van der Waals surface area contributed by atoms with Crippen LogP contribution in [0.1, 0.15) is 19.3 Å². The van der Waals surface area contributed by atoms with Crippen molar-refractivity contribution in [2.75, 3.05) is 25.4 Å². The van der Waals surface area contributed by atoms with Gasteiger partial charge in [-0.25, -0.2) is 0 Å². The average molecular weight is 325 g/mol. The molecule has 0 radical (unpaired) electrons. The second-order valence-electron chi connectivity index (χ2n) is 5.26. The molecule has 1 aromatic carbocycles. The van der Waals surface area contributed by atoms with Gasteiger partial charge in [-0.3, -0.25) is 0 Å². The summed E-state index contributed by atoms with van der Waals surface area (Å²) in [6.45, 7) is 3.78. The number of halogens is 1. The van der Waals surface area contributed by atoms with E-state index in [2.05, 4.69) is 15.5 Å².